The van der Waals surface area contributed by atoms with Gasteiger partial charge in [0, 0.05) is 24.9 Å². The topological polar surface area (TPSA) is 63.7 Å². The Bertz CT molecular complexity index is 475. The predicted molar refractivity (Wildman–Crippen MR) is 82.4 cm³/mol. The van der Waals surface area contributed by atoms with Crippen molar-refractivity contribution in [2.45, 2.75) is 52.9 Å². The fraction of sp³-hybridized carbons (Fsp3) is 0.824. The minimum absolute atomic E-state index is 0.0238. The number of Topliss-reactive ketones (excluding diaryl/α,β-unsaturated/α-hetero) is 2. The fourth-order valence-electron chi connectivity index (χ4n) is 4.12. The van der Waals surface area contributed by atoms with Gasteiger partial charge in [-0.25, -0.2) is 0 Å². The van der Waals surface area contributed by atoms with Gasteiger partial charge in [-0.1, -0.05) is 13.3 Å². The van der Waals surface area contributed by atoms with Gasteiger partial charge in [0.2, 0.25) is 0 Å². The molecule has 2 fully saturated rings. The van der Waals surface area contributed by atoms with E-state index in [0.717, 1.165) is 19.4 Å². The molecule has 1 saturated heterocycles. The molecule has 2 atom stereocenters. The lowest BCUT2D eigenvalue weighted by atomic mass is 9.56. The number of hydrogen-bond donors (Lipinski definition) is 0. The van der Waals surface area contributed by atoms with E-state index in [1.165, 1.54) is 0 Å². The minimum Gasteiger partial charge on any atom is -0.465 e. The first kappa shape index (κ1) is 17.1. The summed E-state index contributed by atoms with van der Waals surface area (Å²) in [6.07, 6.45) is 3.15. The molecule has 0 unspecified atom stereocenters. The number of nitrogens with zero attached hydrogens (tertiary/aromatic N) is 1. The third kappa shape index (κ3) is 2.83. The highest BCUT2D eigenvalue weighted by Gasteiger charge is 2.61. The molecule has 2 bridgehead atoms. The molecule has 1 aliphatic heterocycles. The van der Waals surface area contributed by atoms with E-state index < -0.39 is 10.8 Å². The first-order valence-electron chi connectivity index (χ1n) is 8.34. The molecule has 0 spiro atoms. The Morgan fingerprint density at radius 1 is 1.23 bits per heavy atom. The van der Waals surface area contributed by atoms with Crippen LogP contribution in [0.3, 0.4) is 0 Å². The van der Waals surface area contributed by atoms with Gasteiger partial charge >= 0.3 is 5.97 Å². The van der Waals surface area contributed by atoms with Crippen molar-refractivity contribution in [2.24, 2.45) is 10.8 Å². The molecule has 0 N–H and O–H groups in total. The summed E-state index contributed by atoms with van der Waals surface area (Å²) in [7, 11) is 0. The van der Waals surface area contributed by atoms with Gasteiger partial charge in [0.05, 0.1) is 6.61 Å². The van der Waals surface area contributed by atoms with Crippen LogP contribution in [-0.4, -0.2) is 48.7 Å². The van der Waals surface area contributed by atoms with Crippen LogP contribution >= 0.6 is 0 Å². The van der Waals surface area contributed by atoms with Crippen LogP contribution in [0, 0.1) is 10.8 Å². The molecule has 0 radical (unpaired) electrons. The van der Waals surface area contributed by atoms with E-state index in [1.807, 2.05) is 6.92 Å². The van der Waals surface area contributed by atoms with Crippen LogP contribution in [0.2, 0.25) is 0 Å². The molecule has 5 nitrogen and oxygen atoms in total. The number of carbonyl (C=O) groups is 3. The second-order valence-corrected chi connectivity index (χ2v) is 6.77. The van der Waals surface area contributed by atoms with Crippen molar-refractivity contribution in [3.63, 3.8) is 0 Å². The molecule has 0 aromatic carbocycles. The standard InChI is InChI=1S/C17H27NO4/c1-4-18-11-16(10-7-13(3)19)8-6-9-17(12-18,14(16)20)15(21)22-5-2/h4-12H2,1-3H3/t16-,17+/m1/s1. The van der Waals surface area contributed by atoms with Crippen molar-refractivity contribution in [3.05, 3.63) is 0 Å². The lowest BCUT2D eigenvalue weighted by Gasteiger charge is -2.53. The Morgan fingerprint density at radius 2 is 1.95 bits per heavy atom. The van der Waals surface area contributed by atoms with E-state index in [0.29, 0.717) is 39.0 Å². The normalized spacial score (nSPS) is 31.9. The van der Waals surface area contributed by atoms with Crippen LogP contribution in [0.15, 0.2) is 0 Å². The van der Waals surface area contributed by atoms with E-state index in [-0.39, 0.29) is 17.5 Å². The summed E-state index contributed by atoms with van der Waals surface area (Å²) in [4.78, 5) is 39.3. The van der Waals surface area contributed by atoms with Gasteiger partial charge in [0.25, 0.3) is 0 Å². The second-order valence-electron chi connectivity index (χ2n) is 6.77. The highest BCUT2D eigenvalue weighted by Crippen LogP contribution is 2.50. The summed E-state index contributed by atoms with van der Waals surface area (Å²) in [6, 6.07) is 0. The van der Waals surface area contributed by atoms with Gasteiger partial charge in [-0.15, -0.1) is 0 Å². The Kier molecular flexibility index (Phi) is 5.05. The first-order valence-corrected chi connectivity index (χ1v) is 8.34. The maximum atomic E-state index is 13.2. The van der Waals surface area contributed by atoms with Crippen LogP contribution < -0.4 is 0 Å². The maximum absolute atomic E-state index is 13.2. The van der Waals surface area contributed by atoms with Crippen LogP contribution in [0.1, 0.15) is 52.9 Å². The maximum Gasteiger partial charge on any atom is 0.320 e. The van der Waals surface area contributed by atoms with Crippen molar-refractivity contribution in [2.75, 3.05) is 26.2 Å². The molecule has 5 heteroatoms. The van der Waals surface area contributed by atoms with Crippen LogP contribution in [0.5, 0.6) is 0 Å². The van der Waals surface area contributed by atoms with E-state index in [2.05, 4.69) is 4.90 Å². The summed E-state index contributed by atoms with van der Waals surface area (Å²) in [5, 5.41) is 0. The lowest BCUT2D eigenvalue weighted by Crippen LogP contribution is -2.65. The zero-order valence-electron chi connectivity index (χ0n) is 13.9. The summed E-state index contributed by atoms with van der Waals surface area (Å²) in [5.41, 5.74) is -1.57. The van der Waals surface area contributed by atoms with Crippen molar-refractivity contribution in [1.82, 2.24) is 4.90 Å². The predicted octanol–water partition coefficient (Wildman–Crippen LogP) is 1.98. The van der Waals surface area contributed by atoms with Crippen molar-refractivity contribution < 1.29 is 19.1 Å². The Labute approximate surface area is 132 Å². The highest BCUT2D eigenvalue weighted by molar-refractivity contribution is 6.08. The largest absolute Gasteiger partial charge is 0.465 e. The fourth-order valence-corrected chi connectivity index (χ4v) is 4.12. The Hall–Kier alpha value is -1.23. The van der Waals surface area contributed by atoms with E-state index >= 15 is 0 Å². The average molecular weight is 309 g/mol. The summed E-state index contributed by atoms with van der Waals surface area (Å²) < 4.78 is 5.24. The highest BCUT2D eigenvalue weighted by atomic mass is 16.5. The van der Waals surface area contributed by atoms with E-state index in [4.69, 9.17) is 4.74 Å². The van der Waals surface area contributed by atoms with E-state index in [1.54, 1.807) is 13.8 Å². The van der Waals surface area contributed by atoms with E-state index in [9.17, 15) is 14.4 Å². The van der Waals surface area contributed by atoms with Crippen LogP contribution in [0.4, 0.5) is 0 Å². The average Bonchev–Trinajstić information content (AvgIpc) is 2.46. The zero-order valence-corrected chi connectivity index (χ0v) is 13.9. The number of ether oxygens (including phenoxy) is 1. The van der Waals surface area contributed by atoms with Gasteiger partial charge in [-0.05, 0) is 39.7 Å². The number of ketones is 2. The summed E-state index contributed by atoms with van der Waals surface area (Å²) >= 11 is 0. The number of hydrogen-bond acceptors (Lipinski definition) is 5. The quantitative estimate of drug-likeness (QED) is 0.554. The zero-order chi connectivity index (χ0) is 16.4. The molecule has 1 saturated carbocycles. The molecule has 1 aliphatic carbocycles. The van der Waals surface area contributed by atoms with Crippen molar-refractivity contribution >= 4 is 17.5 Å². The molecule has 2 aliphatic rings. The molecule has 0 aromatic heterocycles. The SMILES string of the molecule is CCOC(=O)[C@@]12CCC[C@@](CCC(C)=O)(CN(CC)C1)C2=O. The minimum atomic E-state index is -1.01. The van der Waals surface area contributed by atoms with Crippen LogP contribution in [0.25, 0.3) is 0 Å². The monoisotopic (exact) mass is 309 g/mol. The number of carbonyl (C=O) groups excluding carboxylic acids is 3. The number of rotatable bonds is 6. The molecule has 0 aromatic rings. The van der Waals surface area contributed by atoms with Gasteiger partial charge in [-0.2, -0.15) is 0 Å². The Morgan fingerprint density at radius 3 is 2.55 bits per heavy atom. The lowest BCUT2D eigenvalue weighted by molar-refractivity contribution is -0.176. The number of fused-ring (bicyclic) bond motifs is 2. The second kappa shape index (κ2) is 6.49. The molecular formula is C17H27NO4. The third-order valence-corrected chi connectivity index (χ3v) is 5.26. The number of esters is 1. The van der Waals surface area contributed by atoms with Crippen molar-refractivity contribution in [3.8, 4) is 0 Å². The molecule has 22 heavy (non-hydrogen) atoms. The molecule has 1 heterocycles. The van der Waals surface area contributed by atoms with Crippen molar-refractivity contribution in [1.29, 1.82) is 0 Å². The summed E-state index contributed by atoms with van der Waals surface area (Å²) in [6.45, 7) is 7.59. The number of likely N-dealkylation sites (tertiary alicyclic amines) is 1. The van der Waals surface area contributed by atoms with Gasteiger partial charge in [0.1, 0.15) is 11.2 Å². The van der Waals surface area contributed by atoms with Gasteiger partial charge < -0.3 is 14.4 Å². The van der Waals surface area contributed by atoms with Gasteiger partial charge in [-0.3, -0.25) is 9.59 Å². The number of piperidine rings is 1. The third-order valence-electron chi connectivity index (χ3n) is 5.26. The summed E-state index contributed by atoms with van der Waals surface area (Å²) in [5.74, 6) is -0.246. The first-order chi connectivity index (χ1) is 10.4. The smallest absolute Gasteiger partial charge is 0.320 e. The van der Waals surface area contributed by atoms with Crippen LogP contribution in [-0.2, 0) is 19.1 Å². The molecular weight excluding hydrogens is 282 g/mol. The molecule has 0 amide bonds. The Balaban J connectivity index is 2.35. The van der Waals surface area contributed by atoms with Gasteiger partial charge in [0.15, 0.2) is 5.78 Å². The molecule has 124 valence electrons. The molecule has 2 rings (SSSR count).